The Morgan fingerprint density at radius 2 is 2.00 bits per heavy atom. The molecule has 3 rings (SSSR count). The highest BCUT2D eigenvalue weighted by atomic mass is 19.1. The van der Waals surface area contributed by atoms with Crippen molar-refractivity contribution in [1.29, 1.82) is 0 Å². The molecule has 2 aromatic rings. The van der Waals surface area contributed by atoms with Crippen molar-refractivity contribution in [2.75, 3.05) is 0 Å². The summed E-state index contributed by atoms with van der Waals surface area (Å²) < 4.78 is 13.6. The van der Waals surface area contributed by atoms with Gasteiger partial charge in [-0.25, -0.2) is 4.39 Å². The molecule has 0 atom stereocenters. The number of hydrogen-bond donors (Lipinski definition) is 2. The van der Waals surface area contributed by atoms with Crippen molar-refractivity contribution in [2.24, 2.45) is 0 Å². The van der Waals surface area contributed by atoms with Crippen LogP contribution in [0.5, 0.6) is 11.5 Å². The largest absolute Gasteiger partial charge is 0.504 e. The summed E-state index contributed by atoms with van der Waals surface area (Å²) in [5, 5.41) is 19.3. The number of nitrogens with zero attached hydrogens (tertiary/aromatic N) is 1. The van der Waals surface area contributed by atoms with Crippen LogP contribution in [-0.4, -0.2) is 21.0 Å². The number of rotatable bonds is 2. The van der Waals surface area contributed by atoms with Crippen LogP contribution < -0.4 is 0 Å². The van der Waals surface area contributed by atoms with Crippen molar-refractivity contribution in [2.45, 2.75) is 20.0 Å². The van der Waals surface area contributed by atoms with Gasteiger partial charge in [-0.2, -0.15) is 0 Å². The first-order chi connectivity index (χ1) is 9.97. The third kappa shape index (κ3) is 2.20. The van der Waals surface area contributed by atoms with Gasteiger partial charge in [-0.05, 0) is 36.2 Å². The van der Waals surface area contributed by atoms with E-state index in [1.54, 1.807) is 19.1 Å². The molecule has 4 nitrogen and oxygen atoms in total. The van der Waals surface area contributed by atoms with Crippen LogP contribution in [0.2, 0.25) is 0 Å². The number of carbonyl (C=O) groups is 1. The first-order valence-corrected chi connectivity index (χ1v) is 6.55. The fourth-order valence-electron chi connectivity index (χ4n) is 2.50. The summed E-state index contributed by atoms with van der Waals surface area (Å²) in [6, 6.07) is 7.63. The quantitative estimate of drug-likeness (QED) is 0.835. The first kappa shape index (κ1) is 13.4. The lowest BCUT2D eigenvalue weighted by Gasteiger charge is -2.16. The molecule has 0 saturated carbocycles. The zero-order valence-corrected chi connectivity index (χ0v) is 11.4. The Bertz CT molecular complexity index is 743. The fraction of sp³-hybridized carbons (Fsp3) is 0.188. The van der Waals surface area contributed by atoms with Gasteiger partial charge in [0.2, 0.25) is 0 Å². The minimum absolute atomic E-state index is 0.198. The molecule has 2 N–H and O–H groups in total. The van der Waals surface area contributed by atoms with E-state index in [0.717, 1.165) is 0 Å². The number of aryl methyl sites for hydroxylation is 1. The van der Waals surface area contributed by atoms with Gasteiger partial charge in [-0.15, -0.1) is 0 Å². The second kappa shape index (κ2) is 4.77. The van der Waals surface area contributed by atoms with E-state index in [2.05, 4.69) is 0 Å². The molecule has 0 fully saturated rings. The zero-order chi connectivity index (χ0) is 15.1. The molecule has 21 heavy (non-hydrogen) atoms. The number of halogens is 1. The number of fused-ring (bicyclic) bond motifs is 1. The number of phenolic OH excluding ortho intramolecular Hbond substituents is 2. The van der Waals surface area contributed by atoms with Gasteiger partial charge >= 0.3 is 0 Å². The van der Waals surface area contributed by atoms with Crippen molar-refractivity contribution < 1.29 is 19.4 Å². The van der Waals surface area contributed by atoms with Gasteiger partial charge in [0, 0.05) is 17.7 Å². The van der Waals surface area contributed by atoms with Gasteiger partial charge in [-0.3, -0.25) is 4.79 Å². The summed E-state index contributed by atoms with van der Waals surface area (Å²) in [6.07, 6.45) is 0. The monoisotopic (exact) mass is 287 g/mol. The lowest BCUT2D eigenvalue weighted by molar-refractivity contribution is 0.0766. The molecular formula is C16H14FNO3. The molecule has 0 bridgehead atoms. The van der Waals surface area contributed by atoms with Gasteiger partial charge in [-0.1, -0.05) is 12.1 Å². The van der Waals surface area contributed by atoms with Gasteiger partial charge in [0.25, 0.3) is 5.91 Å². The molecule has 2 aromatic carbocycles. The Morgan fingerprint density at radius 3 is 2.71 bits per heavy atom. The molecule has 0 unspecified atom stereocenters. The van der Waals surface area contributed by atoms with Crippen LogP contribution in [0.25, 0.3) is 0 Å². The predicted molar refractivity (Wildman–Crippen MR) is 74.5 cm³/mol. The maximum absolute atomic E-state index is 13.6. The molecule has 1 aliphatic heterocycles. The summed E-state index contributed by atoms with van der Waals surface area (Å²) >= 11 is 0. The second-order valence-electron chi connectivity index (χ2n) is 5.20. The number of benzene rings is 2. The van der Waals surface area contributed by atoms with Crippen molar-refractivity contribution in [1.82, 2.24) is 4.90 Å². The molecule has 108 valence electrons. The average Bonchev–Trinajstić information content (AvgIpc) is 2.76. The molecule has 1 heterocycles. The topological polar surface area (TPSA) is 60.8 Å². The van der Waals surface area contributed by atoms with Crippen LogP contribution in [0, 0.1) is 12.7 Å². The van der Waals surface area contributed by atoms with E-state index >= 15 is 0 Å². The standard InChI is InChI=1S/C16H14FNO3/c1-9-2-3-10(6-13(9)17)7-18-8-12-11(16(18)21)4-5-14(19)15(12)20/h2-6,19-20H,7-8H2,1H3. The number of phenols is 2. The number of carbonyl (C=O) groups excluding carboxylic acids is 1. The lowest BCUT2D eigenvalue weighted by Crippen LogP contribution is -2.23. The molecule has 0 saturated heterocycles. The van der Waals surface area contributed by atoms with Crippen LogP contribution in [0.1, 0.15) is 27.0 Å². The fourth-order valence-corrected chi connectivity index (χ4v) is 2.50. The van der Waals surface area contributed by atoms with Gasteiger partial charge in [0.05, 0.1) is 6.54 Å². The second-order valence-corrected chi connectivity index (χ2v) is 5.20. The van der Waals surface area contributed by atoms with Crippen molar-refractivity contribution in [3.63, 3.8) is 0 Å². The van der Waals surface area contributed by atoms with Crippen molar-refractivity contribution >= 4 is 5.91 Å². The Morgan fingerprint density at radius 1 is 1.24 bits per heavy atom. The third-order valence-electron chi connectivity index (χ3n) is 3.74. The minimum atomic E-state index is -0.308. The normalized spacial score (nSPS) is 13.6. The maximum atomic E-state index is 13.6. The molecule has 0 aliphatic carbocycles. The van der Waals surface area contributed by atoms with E-state index in [0.29, 0.717) is 22.3 Å². The Labute approximate surface area is 121 Å². The van der Waals surface area contributed by atoms with E-state index in [1.807, 2.05) is 0 Å². The van der Waals surface area contributed by atoms with Crippen LogP contribution in [0.15, 0.2) is 30.3 Å². The van der Waals surface area contributed by atoms with Crippen LogP contribution >= 0.6 is 0 Å². The van der Waals surface area contributed by atoms with Crippen LogP contribution in [0.4, 0.5) is 4.39 Å². The van der Waals surface area contributed by atoms with Crippen molar-refractivity contribution in [3.05, 3.63) is 58.4 Å². The van der Waals surface area contributed by atoms with E-state index in [1.165, 1.54) is 23.1 Å². The van der Waals surface area contributed by atoms with E-state index < -0.39 is 0 Å². The van der Waals surface area contributed by atoms with Crippen LogP contribution in [-0.2, 0) is 13.1 Å². The van der Waals surface area contributed by atoms with Gasteiger partial charge in [0.15, 0.2) is 11.5 Å². The summed E-state index contributed by atoms with van der Waals surface area (Å²) in [5.74, 6) is -1.05. The molecule has 5 heteroatoms. The number of aromatic hydroxyl groups is 2. The van der Waals surface area contributed by atoms with E-state index in [-0.39, 0.29) is 36.3 Å². The summed E-state index contributed by atoms with van der Waals surface area (Å²) in [5.41, 5.74) is 2.02. The smallest absolute Gasteiger partial charge is 0.254 e. The Hall–Kier alpha value is -2.56. The average molecular weight is 287 g/mol. The Balaban J connectivity index is 1.88. The van der Waals surface area contributed by atoms with Crippen LogP contribution in [0.3, 0.4) is 0 Å². The SMILES string of the molecule is Cc1ccc(CN2Cc3c(ccc(O)c3O)C2=O)cc1F. The summed E-state index contributed by atoms with van der Waals surface area (Å²) in [4.78, 5) is 13.8. The number of amides is 1. The molecule has 0 spiro atoms. The van der Waals surface area contributed by atoms with Gasteiger partial charge in [0.1, 0.15) is 5.82 Å². The number of hydrogen-bond acceptors (Lipinski definition) is 3. The summed E-state index contributed by atoms with van der Waals surface area (Å²) in [6.45, 7) is 2.13. The van der Waals surface area contributed by atoms with Crippen molar-refractivity contribution in [3.8, 4) is 11.5 Å². The molecule has 0 aromatic heterocycles. The lowest BCUT2D eigenvalue weighted by atomic mass is 10.1. The third-order valence-corrected chi connectivity index (χ3v) is 3.74. The van der Waals surface area contributed by atoms with E-state index in [9.17, 15) is 19.4 Å². The minimum Gasteiger partial charge on any atom is -0.504 e. The molecule has 1 aliphatic rings. The highest BCUT2D eigenvalue weighted by Crippen LogP contribution is 2.37. The summed E-state index contributed by atoms with van der Waals surface area (Å²) in [7, 11) is 0. The maximum Gasteiger partial charge on any atom is 0.254 e. The first-order valence-electron chi connectivity index (χ1n) is 6.55. The predicted octanol–water partition coefficient (Wildman–Crippen LogP) is 2.70. The van der Waals surface area contributed by atoms with Gasteiger partial charge < -0.3 is 15.1 Å². The molecular weight excluding hydrogens is 273 g/mol. The highest BCUT2D eigenvalue weighted by Gasteiger charge is 2.30. The highest BCUT2D eigenvalue weighted by molar-refractivity contribution is 5.99. The molecule has 0 radical (unpaired) electrons. The molecule has 1 amide bonds. The van der Waals surface area contributed by atoms with E-state index in [4.69, 9.17) is 0 Å². The Kier molecular flexibility index (Phi) is 3.05. The zero-order valence-electron chi connectivity index (χ0n) is 11.4.